The molecule has 2 amide bonds. The number of oxazole rings is 1. The first kappa shape index (κ1) is 13.6. The van der Waals surface area contributed by atoms with Gasteiger partial charge >= 0.3 is 0 Å². The molecule has 0 fully saturated rings. The summed E-state index contributed by atoms with van der Waals surface area (Å²) < 4.78 is 5.67. The number of hydrogen-bond donors (Lipinski definition) is 0. The predicted molar refractivity (Wildman–Crippen MR) is 82.9 cm³/mol. The summed E-state index contributed by atoms with van der Waals surface area (Å²) in [6.07, 6.45) is 2.37. The zero-order valence-corrected chi connectivity index (χ0v) is 12.4. The number of hydrogen-bond acceptors (Lipinski definition) is 5. The van der Waals surface area contributed by atoms with Crippen molar-refractivity contribution < 1.29 is 14.0 Å². The summed E-state index contributed by atoms with van der Waals surface area (Å²) in [5.41, 5.74) is 2.58. The van der Waals surface area contributed by atoms with Gasteiger partial charge in [0.25, 0.3) is 11.8 Å². The third-order valence-corrected chi connectivity index (χ3v) is 3.83. The number of carbonyl (C=O) groups is 2. The molecule has 0 saturated carbocycles. The van der Waals surface area contributed by atoms with E-state index in [1.807, 2.05) is 6.92 Å². The van der Waals surface area contributed by atoms with Gasteiger partial charge in [0, 0.05) is 18.3 Å². The standard InChI is InChI=1S/C17H13N3O3/c1-2-8-20-16(21)11-6-5-10(9-12(11)17(20)22)15-19-14-13(23-15)4-3-7-18-14/h3-7,9H,2,8H2,1H3. The van der Waals surface area contributed by atoms with Crippen molar-refractivity contribution in [1.29, 1.82) is 0 Å². The van der Waals surface area contributed by atoms with Gasteiger partial charge in [-0.1, -0.05) is 6.92 Å². The maximum atomic E-state index is 12.4. The Bertz CT molecular complexity index is 912. The molecule has 6 nitrogen and oxygen atoms in total. The average Bonchev–Trinajstić information content (AvgIpc) is 3.10. The number of nitrogens with zero attached hydrogens (tertiary/aromatic N) is 3. The van der Waals surface area contributed by atoms with Crippen LogP contribution < -0.4 is 0 Å². The smallest absolute Gasteiger partial charge is 0.261 e. The van der Waals surface area contributed by atoms with Crippen LogP contribution in [0.2, 0.25) is 0 Å². The Kier molecular flexibility index (Phi) is 2.97. The van der Waals surface area contributed by atoms with E-state index < -0.39 is 0 Å². The lowest BCUT2D eigenvalue weighted by atomic mass is 10.1. The fourth-order valence-electron chi connectivity index (χ4n) is 2.74. The third-order valence-electron chi connectivity index (χ3n) is 3.83. The average molecular weight is 307 g/mol. The van der Waals surface area contributed by atoms with Crippen molar-refractivity contribution in [2.24, 2.45) is 0 Å². The van der Waals surface area contributed by atoms with Gasteiger partial charge in [-0.05, 0) is 36.8 Å². The van der Waals surface area contributed by atoms with Gasteiger partial charge in [0.05, 0.1) is 11.1 Å². The second kappa shape index (κ2) is 5.01. The van der Waals surface area contributed by atoms with E-state index in [0.717, 1.165) is 6.42 Å². The van der Waals surface area contributed by atoms with E-state index >= 15 is 0 Å². The molecule has 1 aliphatic rings. The fraction of sp³-hybridized carbons (Fsp3) is 0.176. The Morgan fingerprint density at radius 2 is 1.96 bits per heavy atom. The normalized spacial score (nSPS) is 13.9. The number of benzene rings is 1. The highest BCUT2D eigenvalue weighted by Gasteiger charge is 2.35. The van der Waals surface area contributed by atoms with Crippen LogP contribution in [0.3, 0.4) is 0 Å². The summed E-state index contributed by atoms with van der Waals surface area (Å²) in [7, 11) is 0. The van der Waals surface area contributed by atoms with Crippen LogP contribution in [0.1, 0.15) is 34.1 Å². The lowest BCUT2D eigenvalue weighted by Crippen LogP contribution is -2.30. The second-order valence-electron chi connectivity index (χ2n) is 5.37. The molecule has 23 heavy (non-hydrogen) atoms. The Morgan fingerprint density at radius 3 is 2.74 bits per heavy atom. The van der Waals surface area contributed by atoms with Gasteiger partial charge in [0.15, 0.2) is 11.2 Å². The molecule has 2 aromatic heterocycles. The minimum atomic E-state index is -0.261. The predicted octanol–water partition coefficient (Wildman–Crippen LogP) is 2.90. The number of fused-ring (bicyclic) bond motifs is 2. The Hall–Kier alpha value is -3.02. The van der Waals surface area contributed by atoms with Crippen molar-refractivity contribution >= 4 is 23.0 Å². The summed E-state index contributed by atoms with van der Waals surface area (Å²) in [5, 5.41) is 0. The molecule has 0 atom stereocenters. The van der Waals surface area contributed by atoms with Crippen molar-refractivity contribution in [3.63, 3.8) is 0 Å². The Labute approximate surface area is 131 Å². The zero-order chi connectivity index (χ0) is 16.0. The van der Waals surface area contributed by atoms with E-state index in [-0.39, 0.29) is 11.8 Å². The maximum absolute atomic E-state index is 12.4. The van der Waals surface area contributed by atoms with Gasteiger partial charge in [-0.25, -0.2) is 4.98 Å². The molecule has 114 valence electrons. The van der Waals surface area contributed by atoms with Crippen LogP contribution in [-0.2, 0) is 0 Å². The lowest BCUT2D eigenvalue weighted by molar-refractivity contribution is 0.0654. The largest absolute Gasteiger partial charge is 0.434 e. The minimum Gasteiger partial charge on any atom is -0.434 e. The van der Waals surface area contributed by atoms with Gasteiger partial charge in [-0.2, -0.15) is 4.98 Å². The molecular weight excluding hydrogens is 294 g/mol. The first-order valence-corrected chi connectivity index (χ1v) is 7.41. The number of pyridine rings is 1. The summed E-state index contributed by atoms with van der Waals surface area (Å²) in [5.74, 6) is -0.115. The first-order chi connectivity index (χ1) is 11.2. The highest BCUT2D eigenvalue weighted by molar-refractivity contribution is 6.21. The van der Waals surface area contributed by atoms with E-state index in [0.29, 0.717) is 40.4 Å². The summed E-state index contributed by atoms with van der Waals surface area (Å²) in [6.45, 7) is 2.36. The SMILES string of the molecule is CCCN1C(=O)c2ccc(-c3nc4ncccc4o3)cc2C1=O. The van der Waals surface area contributed by atoms with Gasteiger partial charge < -0.3 is 4.42 Å². The van der Waals surface area contributed by atoms with E-state index in [2.05, 4.69) is 9.97 Å². The van der Waals surface area contributed by atoms with Crippen LogP contribution in [0.25, 0.3) is 22.7 Å². The van der Waals surface area contributed by atoms with Crippen LogP contribution in [-0.4, -0.2) is 33.2 Å². The molecule has 0 N–H and O–H groups in total. The Balaban J connectivity index is 1.79. The van der Waals surface area contributed by atoms with Crippen molar-refractivity contribution in [3.05, 3.63) is 47.7 Å². The molecule has 3 aromatic rings. The number of carbonyl (C=O) groups excluding carboxylic acids is 2. The topological polar surface area (TPSA) is 76.3 Å². The number of amides is 2. The Morgan fingerprint density at radius 1 is 1.13 bits per heavy atom. The van der Waals surface area contributed by atoms with Crippen LogP contribution >= 0.6 is 0 Å². The third kappa shape index (κ3) is 2.03. The van der Waals surface area contributed by atoms with Crippen molar-refractivity contribution in [3.8, 4) is 11.5 Å². The highest BCUT2D eigenvalue weighted by atomic mass is 16.3. The fourth-order valence-corrected chi connectivity index (χ4v) is 2.74. The number of imide groups is 1. The van der Waals surface area contributed by atoms with E-state index in [1.54, 1.807) is 36.5 Å². The van der Waals surface area contributed by atoms with E-state index in [9.17, 15) is 9.59 Å². The van der Waals surface area contributed by atoms with Gasteiger partial charge in [0.2, 0.25) is 5.89 Å². The van der Waals surface area contributed by atoms with Crippen LogP contribution in [0.4, 0.5) is 0 Å². The molecular formula is C17H13N3O3. The molecule has 3 heterocycles. The van der Waals surface area contributed by atoms with Crippen LogP contribution in [0.5, 0.6) is 0 Å². The zero-order valence-electron chi connectivity index (χ0n) is 12.4. The van der Waals surface area contributed by atoms with Crippen molar-refractivity contribution in [1.82, 2.24) is 14.9 Å². The molecule has 6 heteroatoms. The van der Waals surface area contributed by atoms with Gasteiger partial charge in [-0.3, -0.25) is 14.5 Å². The molecule has 0 spiro atoms. The number of rotatable bonds is 3. The molecule has 0 unspecified atom stereocenters. The highest BCUT2D eigenvalue weighted by Crippen LogP contribution is 2.29. The number of aromatic nitrogens is 2. The van der Waals surface area contributed by atoms with Crippen molar-refractivity contribution in [2.75, 3.05) is 6.54 Å². The monoisotopic (exact) mass is 307 g/mol. The molecule has 0 saturated heterocycles. The lowest BCUT2D eigenvalue weighted by Gasteiger charge is -2.11. The van der Waals surface area contributed by atoms with Gasteiger partial charge in [-0.15, -0.1) is 0 Å². The first-order valence-electron chi connectivity index (χ1n) is 7.41. The molecule has 0 bridgehead atoms. The van der Waals surface area contributed by atoms with Crippen LogP contribution in [0, 0.1) is 0 Å². The summed E-state index contributed by atoms with van der Waals surface area (Å²) >= 11 is 0. The molecule has 4 rings (SSSR count). The minimum absolute atomic E-state index is 0.238. The molecule has 1 aliphatic heterocycles. The van der Waals surface area contributed by atoms with Crippen molar-refractivity contribution in [2.45, 2.75) is 13.3 Å². The van der Waals surface area contributed by atoms with E-state index in [4.69, 9.17) is 4.42 Å². The van der Waals surface area contributed by atoms with E-state index in [1.165, 1.54) is 4.90 Å². The molecule has 0 radical (unpaired) electrons. The van der Waals surface area contributed by atoms with Crippen LogP contribution in [0.15, 0.2) is 40.9 Å². The summed E-state index contributed by atoms with van der Waals surface area (Å²) in [4.78, 5) is 34.4. The molecule has 1 aromatic carbocycles. The quantitative estimate of drug-likeness (QED) is 0.695. The van der Waals surface area contributed by atoms with Gasteiger partial charge in [0.1, 0.15) is 0 Å². The maximum Gasteiger partial charge on any atom is 0.261 e. The summed E-state index contributed by atoms with van der Waals surface area (Å²) in [6, 6.07) is 8.61. The second-order valence-corrected chi connectivity index (χ2v) is 5.37. The molecule has 0 aliphatic carbocycles.